The van der Waals surface area contributed by atoms with E-state index in [0.717, 1.165) is 49.8 Å². The molecule has 1 aromatic carbocycles. The Bertz CT molecular complexity index is 630. The van der Waals surface area contributed by atoms with Crippen LogP contribution in [0.25, 0.3) is 11.0 Å². The van der Waals surface area contributed by atoms with Crippen LogP contribution >= 0.6 is 0 Å². The molecule has 4 nitrogen and oxygen atoms in total. The SMILES string of the molecule is Cc1oc2ccccc2c1CCNC1=NCCCN1C. The van der Waals surface area contributed by atoms with Gasteiger partial charge in [0.25, 0.3) is 0 Å². The van der Waals surface area contributed by atoms with Crippen molar-refractivity contribution < 1.29 is 4.42 Å². The maximum atomic E-state index is 5.79. The van der Waals surface area contributed by atoms with E-state index in [9.17, 15) is 0 Å². The molecule has 0 radical (unpaired) electrons. The number of hydrogen-bond acceptors (Lipinski definition) is 4. The highest BCUT2D eigenvalue weighted by Crippen LogP contribution is 2.25. The van der Waals surface area contributed by atoms with Crippen molar-refractivity contribution >= 4 is 16.9 Å². The number of hydrogen-bond donors (Lipinski definition) is 1. The van der Waals surface area contributed by atoms with Gasteiger partial charge in [0.05, 0.1) is 0 Å². The molecular weight excluding hydrogens is 250 g/mol. The molecule has 1 N–H and O–H groups in total. The molecule has 0 saturated carbocycles. The number of benzene rings is 1. The van der Waals surface area contributed by atoms with Gasteiger partial charge in [0.2, 0.25) is 0 Å². The van der Waals surface area contributed by atoms with Gasteiger partial charge in [-0.3, -0.25) is 4.99 Å². The summed E-state index contributed by atoms with van der Waals surface area (Å²) in [5, 5.41) is 4.66. The molecule has 2 aromatic rings. The van der Waals surface area contributed by atoms with Crippen LogP contribution < -0.4 is 5.32 Å². The van der Waals surface area contributed by atoms with Gasteiger partial charge in [0, 0.05) is 37.6 Å². The normalized spacial score (nSPS) is 15.5. The van der Waals surface area contributed by atoms with Gasteiger partial charge in [-0.15, -0.1) is 0 Å². The highest BCUT2D eigenvalue weighted by atomic mass is 16.3. The van der Waals surface area contributed by atoms with E-state index < -0.39 is 0 Å². The fourth-order valence-electron chi connectivity index (χ4n) is 2.74. The lowest BCUT2D eigenvalue weighted by Gasteiger charge is -2.25. The molecule has 0 atom stereocenters. The van der Waals surface area contributed by atoms with Crippen molar-refractivity contribution in [3.05, 3.63) is 35.6 Å². The average Bonchev–Trinajstić information content (AvgIpc) is 2.77. The first-order chi connectivity index (χ1) is 9.75. The maximum Gasteiger partial charge on any atom is 0.193 e. The van der Waals surface area contributed by atoms with Crippen LogP contribution in [-0.4, -0.2) is 37.5 Å². The van der Waals surface area contributed by atoms with Gasteiger partial charge in [-0.2, -0.15) is 0 Å². The zero-order valence-corrected chi connectivity index (χ0v) is 12.1. The Morgan fingerprint density at radius 3 is 3.05 bits per heavy atom. The van der Waals surface area contributed by atoms with Crippen molar-refractivity contribution in [3.8, 4) is 0 Å². The smallest absolute Gasteiger partial charge is 0.193 e. The summed E-state index contributed by atoms with van der Waals surface area (Å²) in [6, 6.07) is 8.23. The summed E-state index contributed by atoms with van der Waals surface area (Å²) in [7, 11) is 2.09. The van der Waals surface area contributed by atoms with E-state index in [1.807, 2.05) is 19.1 Å². The van der Waals surface area contributed by atoms with Crippen LogP contribution in [0.5, 0.6) is 0 Å². The summed E-state index contributed by atoms with van der Waals surface area (Å²) in [6.07, 6.45) is 2.10. The van der Waals surface area contributed by atoms with Crippen LogP contribution in [0, 0.1) is 6.92 Å². The first kappa shape index (κ1) is 13.0. The quantitative estimate of drug-likeness (QED) is 0.932. The lowest BCUT2D eigenvalue weighted by atomic mass is 10.1. The first-order valence-corrected chi connectivity index (χ1v) is 7.22. The second-order valence-electron chi connectivity index (χ2n) is 5.29. The molecule has 0 spiro atoms. The molecule has 0 amide bonds. The summed E-state index contributed by atoms with van der Waals surface area (Å²) < 4.78 is 5.79. The van der Waals surface area contributed by atoms with Crippen LogP contribution in [0.15, 0.2) is 33.7 Å². The van der Waals surface area contributed by atoms with Crippen molar-refractivity contribution in [2.45, 2.75) is 19.8 Å². The van der Waals surface area contributed by atoms with Gasteiger partial charge in [0.15, 0.2) is 5.96 Å². The second kappa shape index (κ2) is 5.57. The molecule has 0 bridgehead atoms. The third kappa shape index (κ3) is 2.50. The molecule has 20 heavy (non-hydrogen) atoms. The predicted molar refractivity (Wildman–Crippen MR) is 82.2 cm³/mol. The number of fused-ring (bicyclic) bond motifs is 1. The molecule has 106 valence electrons. The third-order valence-electron chi connectivity index (χ3n) is 3.83. The number of nitrogens with zero attached hydrogens (tertiary/aromatic N) is 2. The number of para-hydroxylation sites is 1. The van der Waals surface area contributed by atoms with Crippen molar-refractivity contribution in [2.24, 2.45) is 4.99 Å². The van der Waals surface area contributed by atoms with E-state index in [-0.39, 0.29) is 0 Å². The van der Waals surface area contributed by atoms with Crippen LogP contribution in [0.4, 0.5) is 0 Å². The molecule has 1 aliphatic heterocycles. The number of aryl methyl sites for hydroxylation is 1. The van der Waals surface area contributed by atoms with E-state index >= 15 is 0 Å². The zero-order chi connectivity index (χ0) is 13.9. The molecule has 0 aliphatic carbocycles. The van der Waals surface area contributed by atoms with Crippen LogP contribution in [0.1, 0.15) is 17.7 Å². The molecule has 1 aliphatic rings. The predicted octanol–water partition coefficient (Wildman–Crippen LogP) is 2.56. The van der Waals surface area contributed by atoms with Gasteiger partial charge >= 0.3 is 0 Å². The van der Waals surface area contributed by atoms with Gasteiger partial charge in [-0.1, -0.05) is 18.2 Å². The largest absolute Gasteiger partial charge is 0.461 e. The zero-order valence-electron chi connectivity index (χ0n) is 12.1. The lowest BCUT2D eigenvalue weighted by Crippen LogP contribution is -2.42. The fraction of sp³-hybridized carbons (Fsp3) is 0.438. The Balaban J connectivity index is 1.68. The molecule has 3 rings (SSSR count). The minimum absolute atomic E-state index is 0.882. The third-order valence-corrected chi connectivity index (χ3v) is 3.83. The fourth-order valence-corrected chi connectivity index (χ4v) is 2.74. The second-order valence-corrected chi connectivity index (χ2v) is 5.29. The summed E-state index contributed by atoms with van der Waals surface area (Å²) in [5.41, 5.74) is 2.28. The summed E-state index contributed by atoms with van der Waals surface area (Å²) in [5.74, 6) is 2.04. The molecule has 4 heteroatoms. The summed E-state index contributed by atoms with van der Waals surface area (Å²) in [6.45, 7) is 4.94. The summed E-state index contributed by atoms with van der Waals surface area (Å²) in [4.78, 5) is 6.71. The highest BCUT2D eigenvalue weighted by molar-refractivity contribution is 5.82. The van der Waals surface area contributed by atoms with E-state index in [1.54, 1.807) is 0 Å². The lowest BCUT2D eigenvalue weighted by molar-refractivity contribution is 0.446. The van der Waals surface area contributed by atoms with E-state index in [0.29, 0.717) is 0 Å². The van der Waals surface area contributed by atoms with E-state index in [2.05, 4.69) is 34.4 Å². The van der Waals surface area contributed by atoms with E-state index in [4.69, 9.17) is 4.42 Å². The number of furan rings is 1. The Kier molecular flexibility index (Phi) is 3.63. The minimum Gasteiger partial charge on any atom is -0.461 e. The number of aliphatic imine (C=N–C) groups is 1. The monoisotopic (exact) mass is 271 g/mol. The Morgan fingerprint density at radius 1 is 1.35 bits per heavy atom. The van der Waals surface area contributed by atoms with Crippen LogP contribution in [0.2, 0.25) is 0 Å². The van der Waals surface area contributed by atoms with E-state index in [1.165, 1.54) is 10.9 Å². The summed E-state index contributed by atoms with van der Waals surface area (Å²) >= 11 is 0. The topological polar surface area (TPSA) is 40.8 Å². The first-order valence-electron chi connectivity index (χ1n) is 7.22. The number of rotatable bonds is 3. The molecule has 2 heterocycles. The molecular formula is C16H21N3O. The molecule has 1 aromatic heterocycles. The Morgan fingerprint density at radius 2 is 2.20 bits per heavy atom. The molecule has 0 fully saturated rings. The maximum absolute atomic E-state index is 5.79. The Hall–Kier alpha value is -1.97. The van der Waals surface area contributed by atoms with Crippen LogP contribution in [0.3, 0.4) is 0 Å². The van der Waals surface area contributed by atoms with Gasteiger partial charge in [-0.05, 0) is 25.8 Å². The van der Waals surface area contributed by atoms with Crippen molar-refractivity contribution in [3.63, 3.8) is 0 Å². The molecule has 0 unspecified atom stereocenters. The highest BCUT2D eigenvalue weighted by Gasteiger charge is 2.12. The number of nitrogens with one attached hydrogen (secondary N) is 1. The van der Waals surface area contributed by atoms with Crippen molar-refractivity contribution in [2.75, 3.05) is 26.7 Å². The minimum atomic E-state index is 0.882. The number of guanidine groups is 1. The Labute approximate surface area is 119 Å². The van der Waals surface area contributed by atoms with Gasteiger partial charge in [-0.25, -0.2) is 0 Å². The van der Waals surface area contributed by atoms with Crippen molar-refractivity contribution in [1.82, 2.24) is 10.2 Å². The average molecular weight is 271 g/mol. The van der Waals surface area contributed by atoms with Gasteiger partial charge < -0.3 is 14.6 Å². The standard InChI is InChI=1S/C16H21N3O/c1-12-13(14-6-3-4-7-15(14)20-12)8-10-18-16-17-9-5-11-19(16)2/h3-4,6-7H,5,8-11H2,1-2H3,(H,17,18). The van der Waals surface area contributed by atoms with Crippen LogP contribution in [-0.2, 0) is 6.42 Å². The van der Waals surface area contributed by atoms with Gasteiger partial charge in [0.1, 0.15) is 11.3 Å². The molecule has 0 saturated heterocycles. The van der Waals surface area contributed by atoms with Crippen molar-refractivity contribution in [1.29, 1.82) is 0 Å².